The van der Waals surface area contributed by atoms with Crippen LogP contribution in [0.3, 0.4) is 0 Å². The summed E-state index contributed by atoms with van der Waals surface area (Å²) in [6, 6.07) is 50.0. The van der Waals surface area contributed by atoms with Crippen molar-refractivity contribution in [3.05, 3.63) is 158 Å². The highest BCUT2D eigenvalue weighted by Crippen LogP contribution is 2.37. The second-order valence-electron chi connectivity index (χ2n) is 11.6. The molecule has 7 heteroatoms. The number of rotatable bonds is 8. The van der Waals surface area contributed by atoms with Crippen LogP contribution in [0.15, 0.2) is 158 Å². The Morgan fingerprint density at radius 2 is 0.776 bits per heavy atom. The number of nitrogens with one attached hydrogen (secondary N) is 2. The fourth-order valence-electron chi connectivity index (χ4n) is 5.87. The predicted octanol–water partition coefficient (Wildman–Crippen LogP) is 10.3. The third kappa shape index (κ3) is 6.16. The highest BCUT2D eigenvalue weighted by Gasteiger charge is 2.17. The van der Waals surface area contributed by atoms with E-state index >= 15 is 0 Å². The van der Waals surface area contributed by atoms with Crippen LogP contribution in [0.2, 0.25) is 0 Å². The molecule has 0 aliphatic heterocycles. The van der Waals surface area contributed by atoms with Gasteiger partial charge >= 0.3 is 0 Å². The Bertz CT molecular complexity index is 2190. The van der Waals surface area contributed by atoms with E-state index in [1.165, 1.54) is 0 Å². The lowest BCUT2D eigenvalue weighted by Crippen LogP contribution is -1.88. The van der Waals surface area contributed by atoms with Gasteiger partial charge in [0.05, 0.1) is 22.8 Å². The van der Waals surface area contributed by atoms with Crippen molar-refractivity contribution in [2.24, 2.45) is 0 Å². The van der Waals surface area contributed by atoms with Crippen LogP contribution in [-0.2, 0) is 0 Å². The molecule has 0 aliphatic carbocycles. The third-order valence-electron chi connectivity index (χ3n) is 8.26. The van der Waals surface area contributed by atoms with Crippen molar-refractivity contribution in [3.8, 4) is 90.8 Å². The van der Waals surface area contributed by atoms with E-state index in [4.69, 9.17) is 14.7 Å². The molecule has 236 valence electrons. The molecule has 49 heavy (non-hydrogen) atoms. The molecule has 2 aromatic heterocycles. The molecule has 0 bridgehead atoms. The topological polar surface area (TPSA) is 107 Å². The molecule has 0 fully saturated rings. The molecule has 0 spiro atoms. The Labute approximate surface area is 282 Å². The highest BCUT2D eigenvalue weighted by atomic mass is 16.5. The predicted molar refractivity (Wildman–Crippen MR) is 193 cm³/mol. The van der Waals surface area contributed by atoms with Gasteiger partial charge in [0.2, 0.25) is 0 Å². The van der Waals surface area contributed by atoms with Crippen LogP contribution in [0, 0.1) is 0 Å². The number of aromatic amines is 2. The number of aromatic nitrogens is 4. The van der Waals surface area contributed by atoms with Gasteiger partial charge in [-0.3, -0.25) is 0 Å². The number of hydrogen-bond acceptors (Lipinski definition) is 5. The summed E-state index contributed by atoms with van der Waals surface area (Å²) in [7, 11) is 0. The maximum absolute atomic E-state index is 10.1. The van der Waals surface area contributed by atoms with Gasteiger partial charge in [-0.1, -0.05) is 84.9 Å². The smallest absolute Gasteiger partial charge is 0.138 e. The van der Waals surface area contributed by atoms with E-state index in [0.717, 1.165) is 56.2 Å². The van der Waals surface area contributed by atoms with Crippen LogP contribution in [0.4, 0.5) is 0 Å². The lowest BCUT2D eigenvalue weighted by Gasteiger charge is -2.09. The Morgan fingerprint density at radius 3 is 1.24 bits per heavy atom. The van der Waals surface area contributed by atoms with Gasteiger partial charge in [-0.2, -0.15) is 0 Å². The van der Waals surface area contributed by atoms with Gasteiger partial charge < -0.3 is 24.9 Å². The number of benzene rings is 6. The van der Waals surface area contributed by atoms with E-state index in [1.54, 1.807) is 36.4 Å². The molecule has 0 aliphatic rings. The van der Waals surface area contributed by atoms with E-state index < -0.39 is 0 Å². The zero-order chi connectivity index (χ0) is 33.2. The summed E-state index contributed by atoms with van der Waals surface area (Å²) in [5.74, 6) is 3.11. The van der Waals surface area contributed by atoms with E-state index in [0.29, 0.717) is 23.1 Å². The largest absolute Gasteiger partial charge is 0.508 e. The standard InChI is InChI=1S/C42H30N4O3/c47-33-15-7-13-31(25-33)41-43-37(27-9-3-1-4-10-27)39(45-41)29-17-21-35(22-18-29)49-36-23-19-30(20-24-36)40-38(28-11-5-2-6-12-28)44-42(46-40)32-14-8-16-34(48)26-32/h1-26,47-48H,(H,43,45)(H,44,46). The molecule has 6 aromatic carbocycles. The molecular formula is C42H30N4O3. The minimum Gasteiger partial charge on any atom is -0.508 e. The molecule has 4 N–H and O–H groups in total. The lowest BCUT2D eigenvalue weighted by atomic mass is 10.0. The summed E-state index contributed by atoms with van der Waals surface area (Å²) >= 11 is 0. The van der Waals surface area contributed by atoms with Crippen LogP contribution in [0.5, 0.6) is 23.0 Å². The van der Waals surface area contributed by atoms with Crippen molar-refractivity contribution in [1.82, 2.24) is 19.9 Å². The van der Waals surface area contributed by atoms with E-state index in [-0.39, 0.29) is 11.5 Å². The van der Waals surface area contributed by atoms with Crippen LogP contribution in [0.25, 0.3) is 67.8 Å². The first-order valence-corrected chi connectivity index (χ1v) is 15.9. The fraction of sp³-hybridized carbons (Fsp3) is 0. The van der Waals surface area contributed by atoms with Crippen molar-refractivity contribution in [2.45, 2.75) is 0 Å². The second kappa shape index (κ2) is 12.7. The number of ether oxygens (including phenoxy) is 1. The van der Waals surface area contributed by atoms with Gasteiger partial charge in [-0.15, -0.1) is 0 Å². The maximum atomic E-state index is 10.1. The van der Waals surface area contributed by atoms with Crippen molar-refractivity contribution in [1.29, 1.82) is 0 Å². The van der Waals surface area contributed by atoms with Gasteiger partial charge in [-0.05, 0) is 72.8 Å². The summed E-state index contributed by atoms with van der Waals surface area (Å²) in [5.41, 5.74) is 8.88. The maximum Gasteiger partial charge on any atom is 0.138 e. The number of phenolic OH excluding ortho intramolecular Hbond substituents is 2. The Hall–Kier alpha value is -6.86. The number of phenols is 2. The van der Waals surface area contributed by atoms with Crippen LogP contribution >= 0.6 is 0 Å². The summed E-state index contributed by atoms with van der Waals surface area (Å²) in [6.07, 6.45) is 0. The second-order valence-corrected chi connectivity index (χ2v) is 11.6. The Morgan fingerprint density at radius 1 is 0.388 bits per heavy atom. The zero-order valence-electron chi connectivity index (χ0n) is 26.2. The van der Waals surface area contributed by atoms with Gasteiger partial charge in [-0.25, -0.2) is 9.97 Å². The molecule has 0 saturated heterocycles. The molecule has 0 radical (unpaired) electrons. The summed E-state index contributed by atoms with van der Waals surface area (Å²) in [5, 5.41) is 20.1. The van der Waals surface area contributed by atoms with E-state index in [2.05, 4.69) is 9.97 Å². The summed E-state index contributed by atoms with van der Waals surface area (Å²) in [4.78, 5) is 16.8. The van der Waals surface area contributed by atoms with Crippen LogP contribution < -0.4 is 4.74 Å². The molecule has 0 unspecified atom stereocenters. The number of imidazole rings is 2. The van der Waals surface area contributed by atoms with Crippen molar-refractivity contribution >= 4 is 0 Å². The minimum atomic E-state index is 0.185. The molecule has 7 nitrogen and oxygen atoms in total. The highest BCUT2D eigenvalue weighted by molar-refractivity contribution is 5.83. The normalized spacial score (nSPS) is 11.0. The molecular weight excluding hydrogens is 608 g/mol. The lowest BCUT2D eigenvalue weighted by molar-refractivity contribution is 0.475. The van der Waals surface area contributed by atoms with E-state index in [1.807, 2.05) is 121 Å². The number of hydrogen-bond donors (Lipinski definition) is 4. The zero-order valence-corrected chi connectivity index (χ0v) is 26.2. The SMILES string of the molecule is Oc1cccc(-c2nc(-c3ccc(Oc4ccc(-c5[nH]c(-c6cccc(O)c6)nc5-c5ccccc5)cc4)cc3)c(-c3ccccc3)[nH]2)c1. The number of nitrogens with zero attached hydrogens (tertiary/aromatic N) is 2. The van der Waals surface area contributed by atoms with Gasteiger partial charge in [0.25, 0.3) is 0 Å². The quantitative estimate of drug-likeness (QED) is 0.132. The van der Waals surface area contributed by atoms with Crippen LogP contribution in [-0.4, -0.2) is 30.1 Å². The number of aromatic hydroxyl groups is 2. The van der Waals surface area contributed by atoms with Crippen molar-refractivity contribution in [2.75, 3.05) is 0 Å². The Kier molecular flexibility index (Phi) is 7.68. The molecule has 0 amide bonds. The summed E-state index contributed by atoms with van der Waals surface area (Å²) in [6.45, 7) is 0. The first-order valence-electron chi connectivity index (χ1n) is 15.9. The monoisotopic (exact) mass is 638 g/mol. The Balaban J connectivity index is 1.07. The average molecular weight is 639 g/mol. The first-order chi connectivity index (χ1) is 24.1. The number of H-pyrrole nitrogens is 2. The van der Waals surface area contributed by atoms with Gasteiger partial charge in [0.1, 0.15) is 34.6 Å². The molecule has 0 atom stereocenters. The molecule has 2 heterocycles. The molecule has 0 saturated carbocycles. The first kappa shape index (κ1) is 29.5. The van der Waals surface area contributed by atoms with Crippen molar-refractivity contribution < 1.29 is 14.9 Å². The van der Waals surface area contributed by atoms with Crippen molar-refractivity contribution in [3.63, 3.8) is 0 Å². The fourth-order valence-corrected chi connectivity index (χ4v) is 5.87. The molecule has 8 aromatic rings. The van der Waals surface area contributed by atoms with Gasteiger partial charge in [0, 0.05) is 33.4 Å². The minimum absolute atomic E-state index is 0.185. The third-order valence-corrected chi connectivity index (χ3v) is 8.26. The van der Waals surface area contributed by atoms with E-state index in [9.17, 15) is 10.2 Å². The van der Waals surface area contributed by atoms with Crippen LogP contribution in [0.1, 0.15) is 0 Å². The average Bonchev–Trinajstić information content (AvgIpc) is 3.80. The summed E-state index contributed by atoms with van der Waals surface area (Å²) < 4.78 is 6.26. The molecule has 8 rings (SSSR count). The van der Waals surface area contributed by atoms with Gasteiger partial charge in [0.15, 0.2) is 0 Å².